The Morgan fingerprint density at radius 2 is 2.06 bits per heavy atom. The highest BCUT2D eigenvalue weighted by Crippen LogP contribution is 2.45. The molecular formula is C13H22N2O3. The third-order valence-corrected chi connectivity index (χ3v) is 4.20. The minimum absolute atomic E-state index is 0.100. The standard InChI is InChI=1S/C13H22N2O3/c1-10-5-3-2-4-8-15(10)12(18)14-9-13(6-7-13)11(16)17/h10H,2-9H2,1H3,(H,14,18)(H,16,17). The Hall–Kier alpha value is -1.26. The van der Waals surface area contributed by atoms with Gasteiger partial charge in [-0.25, -0.2) is 4.79 Å². The second-order valence-electron chi connectivity index (χ2n) is 5.64. The van der Waals surface area contributed by atoms with Crippen LogP contribution in [0, 0.1) is 5.41 Å². The van der Waals surface area contributed by atoms with Crippen molar-refractivity contribution in [3.63, 3.8) is 0 Å². The molecule has 1 aliphatic heterocycles. The molecule has 0 aromatic heterocycles. The van der Waals surface area contributed by atoms with Crippen LogP contribution in [-0.4, -0.2) is 41.1 Å². The lowest BCUT2D eigenvalue weighted by Crippen LogP contribution is -2.47. The first kappa shape index (κ1) is 13.2. The van der Waals surface area contributed by atoms with Crippen molar-refractivity contribution in [3.05, 3.63) is 0 Å². The Kier molecular flexibility index (Phi) is 3.78. The summed E-state index contributed by atoms with van der Waals surface area (Å²) in [5.74, 6) is -0.785. The normalized spacial score (nSPS) is 26.3. The number of carbonyl (C=O) groups is 2. The van der Waals surface area contributed by atoms with Gasteiger partial charge in [-0.1, -0.05) is 12.8 Å². The number of nitrogens with zero attached hydrogens (tertiary/aromatic N) is 1. The molecule has 2 N–H and O–H groups in total. The van der Waals surface area contributed by atoms with Gasteiger partial charge in [0.2, 0.25) is 0 Å². The van der Waals surface area contributed by atoms with E-state index in [0.717, 1.165) is 19.4 Å². The fraction of sp³-hybridized carbons (Fsp3) is 0.846. The molecule has 2 amide bonds. The summed E-state index contributed by atoms with van der Waals surface area (Å²) in [6.07, 6.45) is 5.78. The summed E-state index contributed by atoms with van der Waals surface area (Å²) in [7, 11) is 0. The van der Waals surface area contributed by atoms with Crippen LogP contribution in [0.25, 0.3) is 0 Å². The van der Waals surface area contributed by atoms with Gasteiger partial charge in [-0.2, -0.15) is 0 Å². The highest BCUT2D eigenvalue weighted by atomic mass is 16.4. The van der Waals surface area contributed by atoms with Gasteiger partial charge in [-0.15, -0.1) is 0 Å². The van der Waals surface area contributed by atoms with Crippen LogP contribution in [0.4, 0.5) is 4.79 Å². The average Bonchev–Trinajstić information content (AvgIpc) is 3.11. The molecule has 1 saturated heterocycles. The molecular weight excluding hydrogens is 232 g/mol. The molecule has 102 valence electrons. The molecule has 1 heterocycles. The van der Waals surface area contributed by atoms with Gasteiger partial charge in [0.15, 0.2) is 0 Å². The van der Waals surface area contributed by atoms with Crippen LogP contribution >= 0.6 is 0 Å². The van der Waals surface area contributed by atoms with E-state index in [1.54, 1.807) is 0 Å². The summed E-state index contributed by atoms with van der Waals surface area (Å²) < 4.78 is 0. The monoisotopic (exact) mass is 254 g/mol. The van der Waals surface area contributed by atoms with Crippen LogP contribution < -0.4 is 5.32 Å². The van der Waals surface area contributed by atoms with Crippen molar-refractivity contribution in [2.75, 3.05) is 13.1 Å². The molecule has 1 atom stereocenters. The van der Waals surface area contributed by atoms with E-state index in [1.807, 2.05) is 4.90 Å². The van der Waals surface area contributed by atoms with E-state index in [2.05, 4.69) is 12.2 Å². The van der Waals surface area contributed by atoms with Gasteiger partial charge in [0.25, 0.3) is 0 Å². The summed E-state index contributed by atoms with van der Waals surface area (Å²) in [5, 5.41) is 11.9. The molecule has 18 heavy (non-hydrogen) atoms. The first-order chi connectivity index (χ1) is 8.55. The second-order valence-corrected chi connectivity index (χ2v) is 5.64. The molecule has 1 unspecified atom stereocenters. The number of carboxylic acid groups (broad SMARTS) is 1. The number of amides is 2. The quantitative estimate of drug-likeness (QED) is 0.807. The zero-order valence-electron chi connectivity index (χ0n) is 10.9. The van der Waals surface area contributed by atoms with Gasteiger partial charge in [-0.05, 0) is 32.6 Å². The van der Waals surface area contributed by atoms with Crippen molar-refractivity contribution in [2.24, 2.45) is 5.41 Å². The van der Waals surface area contributed by atoms with Crippen molar-refractivity contribution < 1.29 is 14.7 Å². The van der Waals surface area contributed by atoms with Crippen LogP contribution in [0.1, 0.15) is 45.4 Å². The Morgan fingerprint density at radius 3 is 2.67 bits per heavy atom. The lowest BCUT2D eigenvalue weighted by atomic mass is 10.1. The maximum atomic E-state index is 12.1. The topological polar surface area (TPSA) is 69.6 Å². The van der Waals surface area contributed by atoms with E-state index in [0.29, 0.717) is 12.8 Å². The predicted molar refractivity (Wildman–Crippen MR) is 67.3 cm³/mol. The van der Waals surface area contributed by atoms with Gasteiger partial charge >= 0.3 is 12.0 Å². The minimum Gasteiger partial charge on any atom is -0.481 e. The highest BCUT2D eigenvalue weighted by Gasteiger charge is 2.50. The molecule has 5 heteroatoms. The molecule has 2 rings (SSSR count). The van der Waals surface area contributed by atoms with Crippen molar-refractivity contribution in [1.29, 1.82) is 0 Å². The van der Waals surface area contributed by atoms with Gasteiger partial charge < -0.3 is 15.3 Å². The first-order valence-corrected chi connectivity index (χ1v) is 6.83. The lowest BCUT2D eigenvalue weighted by molar-refractivity contribution is -0.143. The van der Waals surface area contributed by atoms with E-state index >= 15 is 0 Å². The number of urea groups is 1. The van der Waals surface area contributed by atoms with Gasteiger partial charge in [-0.3, -0.25) is 4.79 Å². The largest absolute Gasteiger partial charge is 0.481 e. The maximum Gasteiger partial charge on any atom is 0.317 e. The fourth-order valence-electron chi connectivity index (χ4n) is 2.54. The Labute approximate surface area is 108 Å². The molecule has 1 aliphatic carbocycles. The molecule has 5 nitrogen and oxygen atoms in total. The van der Waals surface area contributed by atoms with Crippen LogP contribution in [0.5, 0.6) is 0 Å². The summed E-state index contributed by atoms with van der Waals surface area (Å²) in [5.41, 5.74) is -0.676. The number of hydrogen-bond donors (Lipinski definition) is 2. The zero-order chi connectivity index (χ0) is 13.2. The predicted octanol–water partition coefficient (Wildman–Crippen LogP) is 1.83. The van der Waals surface area contributed by atoms with Crippen LogP contribution in [0.15, 0.2) is 0 Å². The number of likely N-dealkylation sites (tertiary alicyclic amines) is 1. The average molecular weight is 254 g/mol. The Bertz CT molecular complexity index is 339. The van der Waals surface area contributed by atoms with E-state index in [1.165, 1.54) is 12.8 Å². The molecule has 1 saturated carbocycles. The number of carboxylic acids is 1. The Balaban J connectivity index is 1.85. The lowest BCUT2D eigenvalue weighted by Gasteiger charge is -2.28. The van der Waals surface area contributed by atoms with E-state index in [-0.39, 0.29) is 18.6 Å². The molecule has 2 aliphatic rings. The first-order valence-electron chi connectivity index (χ1n) is 6.83. The van der Waals surface area contributed by atoms with Crippen molar-refractivity contribution in [2.45, 2.75) is 51.5 Å². The van der Waals surface area contributed by atoms with Crippen LogP contribution in [0.2, 0.25) is 0 Å². The van der Waals surface area contributed by atoms with Crippen molar-refractivity contribution in [3.8, 4) is 0 Å². The molecule has 0 radical (unpaired) electrons. The van der Waals surface area contributed by atoms with E-state index in [4.69, 9.17) is 5.11 Å². The van der Waals surface area contributed by atoms with Gasteiger partial charge in [0.1, 0.15) is 0 Å². The van der Waals surface area contributed by atoms with Crippen molar-refractivity contribution >= 4 is 12.0 Å². The van der Waals surface area contributed by atoms with Gasteiger partial charge in [0.05, 0.1) is 5.41 Å². The molecule has 0 aromatic rings. The molecule has 2 fully saturated rings. The summed E-state index contributed by atoms with van der Waals surface area (Å²) in [6.45, 7) is 3.12. The number of nitrogens with one attached hydrogen (secondary N) is 1. The minimum atomic E-state index is -0.785. The molecule has 0 spiro atoms. The number of aliphatic carboxylic acids is 1. The van der Waals surface area contributed by atoms with Crippen molar-refractivity contribution in [1.82, 2.24) is 10.2 Å². The number of hydrogen-bond acceptors (Lipinski definition) is 2. The van der Waals surface area contributed by atoms with Crippen LogP contribution in [0.3, 0.4) is 0 Å². The SMILES string of the molecule is CC1CCCCCN1C(=O)NCC1(C(=O)O)CC1. The zero-order valence-corrected chi connectivity index (χ0v) is 10.9. The maximum absolute atomic E-state index is 12.1. The number of carbonyl (C=O) groups excluding carboxylic acids is 1. The second kappa shape index (κ2) is 5.16. The molecule has 0 bridgehead atoms. The third-order valence-electron chi connectivity index (χ3n) is 4.20. The smallest absolute Gasteiger partial charge is 0.317 e. The third kappa shape index (κ3) is 2.76. The van der Waals surface area contributed by atoms with Crippen LogP contribution in [-0.2, 0) is 4.79 Å². The van der Waals surface area contributed by atoms with Gasteiger partial charge in [0, 0.05) is 19.1 Å². The van der Waals surface area contributed by atoms with E-state index < -0.39 is 11.4 Å². The summed E-state index contributed by atoms with van der Waals surface area (Å²) in [6, 6.07) is 0.157. The fourth-order valence-corrected chi connectivity index (χ4v) is 2.54. The highest BCUT2D eigenvalue weighted by molar-refractivity contribution is 5.80. The Morgan fingerprint density at radius 1 is 1.33 bits per heavy atom. The summed E-state index contributed by atoms with van der Waals surface area (Å²) in [4.78, 5) is 25.0. The number of rotatable bonds is 3. The van der Waals surface area contributed by atoms with E-state index in [9.17, 15) is 9.59 Å². The molecule has 0 aromatic carbocycles. The summed E-state index contributed by atoms with van der Waals surface area (Å²) >= 11 is 0.